The van der Waals surface area contributed by atoms with Crippen LogP contribution in [0.3, 0.4) is 0 Å². The van der Waals surface area contributed by atoms with Crippen molar-refractivity contribution >= 4 is 22.1 Å². The van der Waals surface area contributed by atoms with Crippen LogP contribution in [-0.4, -0.2) is 23.5 Å². The van der Waals surface area contributed by atoms with Crippen molar-refractivity contribution in [1.82, 2.24) is 4.98 Å². The Labute approximate surface area is 112 Å². The molecule has 0 saturated carbocycles. The van der Waals surface area contributed by atoms with Gasteiger partial charge in [0.25, 0.3) is 5.69 Å². The second kappa shape index (κ2) is 5.65. The van der Waals surface area contributed by atoms with Crippen LogP contribution in [0.25, 0.3) is 10.8 Å². The maximum Gasteiger partial charge on any atom is 0.278 e. The molecule has 5 heteroatoms. The zero-order chi connectivity index (χ0) is 13.8. The zero-order valence-corrected chi connectivity index (χ0v) is 11.2. The zero-order valence-electron chi connectivity index (χ0n) is 11.2. The number of aromatic nitrogens is 1. The lowest BCUT2D eigenvalue weighted by atomic mass is 10.1. The van der Waals surface area contributed by atoms with Crippen LogP contribution in [0.1, 0.15) is 19.8 Å². The van der Waals surface area contributed by atoms with Gasteiger partial charge in [-0.05, 0) is 18.6 Å². The van der Waals surface area contributed by atoms with E-state index in [0.717, 1.165) is 30.5 Å². The summed E-state index contributed by atoms with van der Waals surface area (Å²) in [5, 5.41) is 12.5. The van der Waals surface area contributed by atoms with Crippen LogP contribution in [0, 0.1) is 10.1 Å². The van der Waals surface area contributed by atoms with Crippen molar-refractivity contribution in [2.45, 2.75) is 19.8 Å². The number of unbranched alkanes of at least 4 members (excludes halogenated alkanes) is 1. The van der Waals surface area contributed by atoms with Crippen LogP contribution < -0.4 is 4.90 Å². The third-order valence-electron chi connectivity index (χ3n) is 3.23. The van der Waals surface area contributed by atoms with E-state index < -0.39 is 0 Å². The van der Waals surface area contributed by atoms with Gasteiger partial charge in [0, 0.05) is 43.1 Å². The van der Waals surface area contributed by atoms with Crippen LogP contribution >= 0.6 is 0 Å². The van der Waals surface area contributed by atoms with E-state index in [1.165, 1.54) is 0 Å². The smallest absolute Gasteiger partial charge is 0.278 e. The third-order valence-corrected chi connectivity index (χ3v) is 3.23. The largest absolute Gasteiger partial charge is 0.374 e. The molecule has 0 aliphatic heterocycles. The van der Waals surface area contributed by atoms with Crippen molar-refractivity contribution < 1.29 is 4.92 Å². The Morgan fingerprint density at radius 2 is 2.11 bits per heavy atom. The quantitative estimate of drug-likeness (QED) is 0.610. The lowest BCUT2D eigenvalue weighted by molar-refractivity contribution is -0.383. The molecule has 0 unspecified atom stereocenters. The molecule has 1 aromatic carbocycles. The molecule has 5 nitrogen and oxygen atoms in total. The fourth-order valence-corrected chi connectivity index (χ4v) is 2.17. The monoisotopic (exact) mass is 259 g/mol. The van der Waals surface area contributed by atoms with Crippen molar-refractivity contribution in [1.29, 1.82) is 0 Å². The van der Waals surface area contributed by atoms with E-state index in [-0.39, 0.29) is 10.6 Å². The van der Waals surface area contributed by atoms with Gasteiger partial charge in [-0.1, -0.05) is 13.3 Å². The number of hydrogen-bond donors (Lipinski definition) is 0. The normalized spacial score (nSPS) is 10.6. The van der Waals surface area contributed by atoms with Crippen molar-refractivity contribution in [2.75, 3.05) is 18.5 Å². The number of anilines is 1. The van der Waals surface area contributed by atoms with Crippen molar-refractivity contribution in [3.8, 4) is 0 Å². The Morgan fingerprint density at radius 3 is 2.79 bits per heavy atom. The summed E-state index contributed by atoms with van der Waals surface area (Å²) in [6.07, 6.45) is 5.45. The molecule has 1 heterocycles. The van der Waals surface area contributed by atoms with Gasteiger partial charge < -0.3 is 4.90 Å². The number of fused-ring (bicyclic) bond motifs is 1. The molecule has 19 heavy (non-hydrogen) atoms. The second-order valence-electron chi connectivity index (χ2n) is 4.56. The summed E-state index contributed by atoms with van der Waals surface area (Å²) in [5.74, 6) is 0. The first kappa shape index (κ1) is 13.3. The Hall–Kier alpha value is -2.17. The molecule has 0 aliphatic carbocycles. The van der Waals surface area contributed by atoms with Gasteiger partial charge in [-0.25, -0.2) is 0 Å². The maximum absolute atomic E-state index is 11.0. The number of nitro benzene ring substituents is 1. The Balaban J connectivity index is 2.52. The Morgan fingerprint density at radius 1 is 1.32 bits per heavy atom. The van der Waals surface area contributed by atoms with Crippen molar-refractivity contribution in [2.24, 2.45) is 0 Å². The summed E-state index contributed by atoms with van der Waals surface area (Å²) in [5.41, 5.74) is 1.12. The number of pyridine rings is 1. The van der Waals surface area contributed by atoms with E-state index in [2.05, 4.69) is 16.8 Å². The first-order valence-electron chi connectivity index (χ1n) is 6.37. The van der Waals surface area contributed by atoms with E-state index in [9.17, 15) is 10.1 Å². The summed E-state index contributed by atoms with van der Waals surface area (Å²) in [6.45, 7) is 3.08. The van der Waals surface area contributed by atoms with E-state index in [1.807, 2.05) is 19.2 Å². The number of nitro groups is 1. The van der Waals surface area contributed by atoms with Crippen LogP contribution in [0.15, 0.2) is 30.6 Å². The molecule has 0 N–H and O–H groups in total. The molecule has 0 bridgehead atoms. The van der Waals surface area contributed by atoms with Gasteiger partial charge in [-0.15, -0.1) is 0 Å². The van der Waals surface area contributed by atoms with E-state index in [0.29, 0.717) is 5.39 Å². The summed E-state index contributed by atoms with van der Waals surface area (Å²) in [4.78, 5) is 16.8. The molecule has 0 aliphatic rings. The third kappa shape index (κ3) is 2.65. The number of nitrogens with zero attached hydrogens (tertiary/aromatic N) is 3. The van der Waals surface area contributed by atoms with Crippen LogP contribution in [0.2, 0.25) is 0 Å². The molecule has 2 rings (SSSR count). The fraction of sp³-hybridized carbons (Fsp3) is 0.357. The average Bonchev–Trinajstić information content (AvgIpc) is 2.43. The van der Waals surface area contributed by atoms with Gasteiger partial charge in [0.1, 0.15) is 0 Å². The number of non-ortho nitro benzene ring substituents is 1. The average molecular weight is 259 g/mol. The SMILES string of the molecule is CCCCN(C)c1ccc([N+](=O)[O-])c2cnccc12. The highest BCUT2D eigenvalue weighted by molar-refractivity contribution is 5.99. The van der Waals surface area contributed by atoms with Crippen molar-refractivity contribution in [3.05, 3.63) is 40.7 Å². The predicted octanol–water partition coefficient (Wildman–Crippen LogP) is 3.38. The minimum Gasteiger partial charge on any atom is -0.374 e. The van der Waals surface area contributed by atoms with E-state index in [1.54, 1.807) is 18.5 Å². The second-order valence-corrected chi connectivity index (χ2v) is 4.56. The number of benzene rings is 1. The molecule has 2 aromatic rings. The molecule has 0 radical (unpaired) electrons. The standard InChI is InChI=1S/C14H17N3O2/c1-3-4-9-16(2)13-5-6-14(17(18)19)12-10-15-8-7-11(12)13/h5-8,10H,3-4,9H2,1-2H3. The first-order chi connectivity index (χ1) is 9.15. The number of hydrogen-bond acceptors (Lipinski definition) is 4. The van der Waals surface area contributed by atoms with E-state index in [4.69, 9.17) is 0 Å². The molecule has 0 amide bonds. The van der Waals surface area contributed by atoms with Gasteiger partial charge in [0.2, 0.25) is 0 Å². The van der Waals surface area contributed by atoms with Gasteiger partial charge in [0.05, 0.1) is 10.3 Å². The molecular formula is C14H17N3O2. The summed E-state index contributed by atoms with van der Waals surface area (Å²) >= 11 is 0. The molecule has 0 spiro atoms. The van der Waals surface area contributed by atoms with Crippen LogP contribution in [0.4, 0.5) is 11.4 Å². The Kier molecular flexibility index (Phi) is 3.94. The van der Waals surface area contributed by atoms with Gasteiger partial charge >= 0.3 is 0 Å². The topological polar surface area (TPSA) is 59.3 Å². The van der Waals surface area contributed by atoms with E-state index >= 15 is 0 Å². The highest BCUT2D eigenvalue weighted by Gasteiger charge is 2.15. The minimum atomic E-state index is -0.361. The first-order valence-corrected chi connectivity index (χ1v) is 6.37. The Bertz CT molecular complexity index is 598. The molecular weight excluding hydrogens is 242 g/mol. The summed E-state index contributed by atoms with van der Waals surface area (Å²) in [7, 11) is 2.01. The minimum absolute atomic E-state index is 0.107. The summed E-state index contributed by atoms with van der Waals surface area (Å²) in [6, 6.07) is 5.21. The molecule has 0 atom stereocenters. The summed E-state index contributed by atoms with van der Waals surface area (Å²) < 4.78 is 0. The number of rotatable bonds is 5. The van der Waals surface area contributed by atoms with Crippen LogP contribution in [-0.2, 0) is 0 Å². The molecule has 0 saturated heterocycles. The highest BCUT2D eigenvalue weighted by Crippen LogP contribution is 2.32. The van der Waals surface area contributed by atoms with Gasteiger partial charge in [-0.2, -0.15) is 0 Å². The maximum atomic E-state index is 11.0. The lowest BCUT2D eigenvalue weighted by Crippen LogP contribution is -2.18. The van der Waals surface area contributed by atoms with Crippen LogP contribution in [0.5, 0.6) is 0 Å². The van der Waals surface area contributed by atoms with Gasteiger partial charge in [0.15, 0.2) is 0 Å². The van der Waals surface area contributed by atoms with Gasteiger partial charge in [-0.3, -0.25) is 15.1 Å². The predicted molar refractivity (Wildman–Crippen MR) is 76.6 cm³/mol. The van der Waals surface area contributed by atoms with Crippen molar-refractivity contribution in [3.63, 3.8) is 0 Å². The molecule has 100 valence electrons. The highest BCUT2D eigenvalue weighted by atomic mass is 16.6. The molecule has 1 aromatic heterocycles. The lowest BCUT2D eigenvalue weighted by Gasteiger charge is -2.20. The molecule has 0 fully saturated rings. The fourth-order valence-electron chi connectivity index (χ4n) is 2.17.